The monoisotopic (exact) mass is 295 g/mol. The zero-order chi connectivity index (χ0) is 15.5. The Hall–Kier alpha value is -0.0800. The Morgan fingerprint density at radius 1 is 1.05 bits per heavy atom. The van der Waals surface area contributed by atoms with Gasteiger partial charge in [-0.25, -0.2) is 0 Å². The average molecular weight is 296 g/mol. The second-order valence-corrected chi connectivity index (χ2v) is 8.58. The first-order valence-electron chi connectivity index (χ1n) is 9.30. The Morgan fingerprint density at radius 2 is 1.71 bits per heavy atom. The van der Waals surface area contributed by atoms with Gasteiger partial charge < -0.3 is 10.1 Å². The minimum Gasteiger partial charge on any atom is -0.370 e. The summed E-state index contributed by atoms with van der Waals surface area (Å²) in [6.45, 7) is 12.7. The van der Waals surface area contributed by atoms with Crippen molar-refractivity contribution in [2.45, 2.75) is 97.3 Å². The maximum absolute atomic E-state index is 6.82. The van der Waals surface area contributed by atoms with Crippen LogP contribution in [0, 0.1) is 17.8 Å². The molecule has 2 aliphatic carbocycles. The smallest absolute Gasteiger partial charge is 0.0812 e. The Bertz CT molecular complexity index is 307. The molecule has 0 aromatic carbocycles. The molecule has 0 bridgehead atoms. The van der Waals surface area contributed by atoms with E-state index in [2.05, 4.69) is 39.9 Å². The zero-order valence-corrected chi connectivity index (χ0v) is 15.0. The van der Waals surface area contributed by atoms with E-state index in [0.717, 1.165) is 24.3 Å². The highest BCUT2D eigenvalue weighted by Gasteiger charge is 2.39. The molecule has 124 valence electrons. The van der Waals surface area contributed by atoms with Gasteiger partial charge in [0.2, 0.25) is 0 Å². The van der Waals surface area contributed by atoms with Crippen molar-refractivity contribution in [2.75, 3.05) is 6.54 Å². The van der Waals surface area contributed by atoms with Crippen molar-refractivity contribution >= 4 is 0 Å². The summed E-state index contributed by atoms with van der Waals surface area (Å²) >= 11 is 0. The number of ether oxygens (including phenoxy) is 1. The molecule has 0 heterocycles. The van der Waals surface area contributed by atoms with Crippen LogP contribution in [0.5, 0.6) is 0 Å². The molecule has 2 fully saturated rings. The molecule has 4 unspecified atom stereocenters. The highest BCUT2D eigenvalue weighted by Crippen LogP contribution is 2.39. The summed E-state index contributed by atoms with van der Waals surface area (Å²) in [6.07, 6.45) is 9.60. The third-order valence-corrected chi connectivity index (χ3v) is 5.43. The summed E-state index contributed by atoms with van der Waals surface area (Å²) in [5.41, 5.74) is 0.101. The van der Waals surface area contributed by atoms with E-state index < -0.39 is 0 Å². The molecule has 2 rings (SSSR count). The predicted molar refractivity (Wildman–Crippen MR) is 90.6 cm³/mol. The van der Waals surface area contributed by atoms with E-state index >= 15 is 0 Å². The SMILES string of the molecule is CC1CC(C)CC(OC2(CNC(C)C)CCCC(C)C2)C1. The molecular weight excluding hydrogens is 258 g/mol. The van der Waals surface area contributed by atoms with Gasteiger partial charge in [0, 0.05) is 12.6 Å². The molecule has 0 radical (unpaired) electrons. The van der Waals surface area contributed by atoms with Crippen LogP contribution < -0.4 is 5.32 Å². The number of nitrogens with one attached hydrogen (secondary N) is 1. The van der Waals surface area contributed by atoms with Crippen molar-refractivity contribution in [2.24, 2.45) is 17.8 Å². The van der Waals surface area contributed by atoms with Crippen molar-refractivity contribution in [3.63, 3.8) is 0 Å². The molecule has 0 spiro atoms. The second-order valence-electron chi connectivity index (χ2n) is 8.58. The molecule has 2 aliphatic rings. The number of hydrogen-bond donors (Lipinski definition) is 1. The predicted octanol–water partition coefficient (Wildman–Crippen LogP) is 4.77. The first-order chi connectivity index (χ1) is 9.88. The van der Waals surface area contributed by atoms with E-state index in [4.69, 9.17) is 4.74 Å². The Morgan fingerprint density at radius 3 is 2.29 bits per heavy atom. The first-order valence-corrected chi connectivity index (χ1v) is 9.30. The maximum atomic E-state index is 6.82. The van der Waals surface area contributed by atoms with Crippen molar-refractivity contribution in [1.82, 2.24) is 5.32 Å². The molecule has 21 heavy (non-hydrogen) atoms. The molecule has 0 saturated heterocycles. The van der Waals surface area contributed by atoms with Crippen LogP contribution in [0.3, 0.4) is 0 Å². The number of hydrogen-bond acceptors (Lipinski definition) is 2. The van der Waals surface area contributed by atoms with E-state index in [1.54, 1.807) is 0 Å². The van der Waals surface area contributed by atoms with Gasteiger partial charge in [0.1, 0.15) is 0 Å². The zero-order valence-electron chi connectivity index (χ0n) is 15.0. The van der Waals surface area contributed by atoms with Gasteiger partial charge in [0.05, 0.1) is 11.7 Å². The van der Waals surface area contributed by atoms with E-state index in [0.29, 0.717) is 12.1 Å². The van der Waals surface area contributed by atoms with Gasteiger partial charge >= 0.3 is 0 Å². The van der Waals surface area contributed by atoms with E-state index in [9.17, 15) is 0 Å². The first kappa shape index (κ1) is 17.3. The summed E-state index contributed by atoms with van der Waals surface area (Å²) in [6, 6.07) is 0.548. The molecule has 0 aromatic rings. The lowest BCUT2D eigenvalue weighted by Gasteiger charge is -2.45. The highest BCUT2D eigenvalue weighted by molar-refractivity contribution is 4.91. The minimum atomic E-state index is 0.101. The third kappa shape index (κ3) is 5.25. The van der Waals surface area contributed by atoms with Crippen molar-refractivity contribution in [3.05, 3.63) is 0 Å². The minimum absolute atomic E-state index is 0.101. The van der Waals surface area contributed by atoms with Crippen LogP contribution in [0.25, 0.3) is 0 Å². The molecule has 2 nitrogen and oxygen atoms in total. The van der Waals surface area contributed by atoms with Crippen molar-refractivity contribution in [1.29, 1.82) is 0 Å². The molecule has 2 heteroatoms. The van der Waals surface area contributed by atoms with Crippen molar-refractivity contribution < 1.29 is 4.74 Å². The standard InChI is InChI=1S/C19H37NO/c1-14(2)20-13-19(8-6-7-15(3)12-19)21-18-10-16(4)9-17(5)11-18/h14-18,20H,6-13H2,1-5H3. The van der Waals surface area contributed by atoms with Gasteiger partial charge in [-0.05, 0) is 49.9 Å². The lowest BCUT2D eigenvalue weighted by molar-refractivity contribution is -0.139. The van der Waals surface area contributed by atoms with Gasteiger partial charge in [-0.15, -0.1) is 0 Å². The molecular formula is C19H37NO. The largest absolute Gasteiger partial charge is 0.370 e. The summed E-state index contributed by atoms with van der Waals surface area (Å²) < 4.78 is 6.82. The Labute approximate surface area is 132 Å². The van der Waals surface area contributed by atoms with Crippen LogP contribution in [0.1, 0.15) is 79.6 Å². The fourth-order valence-electron chi connectivity index (χ4n) is 4.63. The van der Waals surface area contributed by atoms with E-state index in [1.807, 2.05) is 0 Å². The normalized spacial score (nSPS) is 41.4. The van der Waals surface area contributed by atoms with Crippen molar-refractivity contribution in [3.8, 4) is 0 Å². The average Bonchev–Trinajstić information content (AvgIpc) is 2.35. The van der Waals surface area contributed by atoms with Crippen LogP contribution >= 0.6 is 0 Å². The summed E-state index contributed by atoms with van der Waals surface area (Å²) in [5.74, 6) is 2.47. The van der Waals surface area contributed by atoms with E-state index in [-0.39, 0.29) is 5.60 Å². The van der Waals surface area contributed by atoms with Crippen LogP contribution in [0.2, 0.25) is 0 Å². The van der Waals surface area contributed by atoms with Crippen LogP contribution in [-0.2, 0) is 4.74 Å². The fourth-order valence-corrected chi connectivity index (χ4v) is 4.63. The Balaban J connectivity index is 2.00. The summed E-state index contributed by atoms with van der Waals surface area (Å²) in [4.78, 5) is 0. The lowest BCUT2D eigenvalue weighted by atomic mass is 9.77. The van der Waals surface area contributed by atoms with Crippen LogP contribution in [0.4, 0.5) is 0 Å². The fraction of sp³-hybridized carbons (Fsp3) is 1.00. The molecule has 4 atom stereocenters. The molecule has 0 aromatic heterocycles. The van der Waals surface area contributed by atoms with Gasteiger partial charge in [-0.1, -0.05) is 47.5 Å². The van der Waals surface area contributed by atoms with Gasteiger partial charge in [0.25, 0.3) is 0 Å². The highest BCUT2D eigenvalue weighted by atomic mass is 16.5. The quantitative estimate of drug-likeness (QED) is 0.788. The van der Waals surface area contributed by atoms with Crippen LogP contribution in [0.15, 0.2) is 0 Å². The van der Waals surface area contributed by atoms with Gasteiger partial charge in [0.15, 0.2) is 0 Å². The third-order valence-electron chi connectivity index (χ3n) is 5.43. The molecule has 2 saturated carbocycles. The van der Waals surface area contributed by atoms with E-state index in [1.165, 1.54) is 44.9 Å². The lowest BCUT2D eigenvalue weighted by Crippen LogP contribution is -2.50. The summed E-state index contributed by atoms with van der Waals surface area (Å²) in [7, 11) is 0. The van der Waals surface area contributed by atoms with Crippen LogP contribution in [-0.4, -0.2) is 24.3 Å². The Kier molecular flexibility index (Phi) is 6.14. The molecule has 0 aliphatic heterocycles. The summed E-state index contributed by atoms with van der Waals surface area (Å²) in [5, 5.41) is 3.66. The van der Waals surface area contributed by atoms with Gasteiger partial charge in [-0.2, -0.15) is 0 Å². The molecule has 1 N–H and O–H groups in total. The number of rotatable bonds is 5. The van der Waals surface area contributed by atoms with Gasteiger partial charge in [-0.3, -0.25) is 0 Å². The second kappa shape index (κ2) is 7.46. The molecule has 0 amide bonds. The topological polar surface area (TPSA) is 21.3 Å². The maximum Gasteiger partial charge on any atom is 0.0812 e.